The minimum atomic E-state index is -0.351. The molecular formula is C19H20N6O2. The fraction of sp³-hybridized carbons (Fsp3) is 0.316. The van der Waals surface area contributed by atoms with Crippen molar-refractivity contribution in [3.8, 4) is 5.88 Å². The number of pyridine rings is 1. The topological polar surface area (TPSA) is 94.8 Å². The van der Waals surface area contributed by atoms with Crippen LogP contribution in [0.15, 0.2) is 49.2 Å². The summed E-state index contributed by atoms with van der Waals surface area (Å²) >= 11 is 0. The molecule has 0 saturated heterocycles. The fourth-order valence-electron chi connectivity index (χ4n) is 2.52. The zero-order valence-electron chi connectivity index (χ0n) is 14.8. The van der Waals surface area contributed by atoms with Gasteiger partial charge in [-0.05, 0) is 42.9 Å². The first kappa shape index (κ1) is 17.1. The molecule has 1 fully saturated rings. The summed E-state index contributed by atoms with van der Waals surface area (Å²) in [5.74, 6) is 1.21. The Hall–Kier alpha value is -3.29. The Labute approximate surface area is 156 Å². The molecule has 3 aromatic heterocycles. The Morgan fingerprint density at radius 2 is 2.04 bits per heavy atom. The van der Waals surface area contributed by atoms with Crippen LogP contribution in [0.3, 0.4) is 0 Å². The fourth-order valence-corrected chi connectivity index (χ4v) is 2.52. The van der Waals surface area contributed by atoms with Crippen LogP contribution in [0.25, 0.3) is 0 Å². The molecule has 8 nitrogen and oxygen atoms in total. The van der Waals surface area contributed by atoms with Crippen molar-refractivity contribution >= 4 is 11.7 Å². The first-order chi connectivity index (χ1) is 13.3. The number of carbonyl (C=O) groups is 1. The maximum Gasteiger partial charge on any atom is 0.277 e. The van der Waals surface area contributed by atoms with E-state index in [1.807, 2.05) is 18.3 Å². The second-order valence-electron chi connectivity index (χ2n) is 6.52. The van der Waals surface area contributed by atoms with E-state index in [9.17, 15) is 4.79 Å². The molecular weight excluding hydrogens is 344 g/mol. The molecule has 0 spiro atoms. The van der Waals surface area contributed by atoms with Crippen LogP contribution in [0.5, 0.6) is 5.88 Å². The Kier molecular flexibility index (Phi) is 5.04. The van der Waals surface area contributed by atoms with Crippen molar-refractivity contribution in [3.05, 3.63) is 60.4 Å². The van der Waals surface area contributed by atoms with Gasteiger partial charge in [-0.25, -0.2) is 9.97 Å². The van der Waals surface area contributed by atoms with E-state index < -0.39 is 0 Å². The van der Waals surface area contributed by atoms with Crippen LogP contribution in [-0.2, 0) is 13.0 Å². The molecule has 1 N–H and O–H groups in total. The molecule has 1 amide bonds. The lowest BCUT2D eigenvalue weighted by atomic mass is 10.2. The van der Waals surface area contributed by atoms with Gasteiger partial charge >= 0.3 is 0 Å². The average Bonchev–Trinajstić information content (AvgIpc) is 3.44. The highest BCUT2D eigenvalue weighted by molar-refractivity contribution is 6.02. The van der Waals surface area contributed by atoms with E-state index in [1.54, 1.807) is 23.1 Å². The van der Waals surface area contributed by atoms with Crippen molar-refractivity contribution in [1.82, 2.24) is 24.7 Å². The molecule has 1 saturated carbocycles. The van der Waals surface area contributed by atoms with Crippen molar-refractivity contribution in [2.45, 2.75) is 25.8 Å². The number of amides is 1. The molecule has 0 atom stereocenters. The third-order valence-corrected chi connectivity index (χ3v) is 4.29. The molecule has 0 aromatic carbocycles. The molecule has 27 heavy (non-hydrogen) atoms. The van der Waals surface area contributed by atoms with Crippen molar-refractivity contribution < 1.29 is 9.53 Å². The molecule has 8 heteroatoms. The predicted octanol–water partition coefficient (Wildman–Crippen LogP) is 2.35. The molecule has 0 aliphatic heterocycles. The number of anilines is 1. The van der Waals surface area contributed by atoms with Gasteiger partial charge in [-0.3, -0.25) is 14.5 Å². The molecule has 1 aliphatic rings. The first-order valence-corrected chi connectivity index (χ1v) is 8.95. The van der Waals surface area contributed by atoms with Gasteiger partial charge in [0, 0.05) is 31.2 Å². The lowest BCUT2D eigenvalue weighted by Gasteiger charge is -2.05. The number of rotatable bonds is 8. The van der Waals surface area contributed by atoms with E-state index in [0.29, 0.717) is 30.8 Å². The lowest BCUT2D eigenvalue weighted by molar-refractivity contribution is 0.102. The monoisotopic (exact) mass is 364 g/mol. The molecule has 4 rings (SSSR count). The first-order valence-electron chi connectivity index (χ1n) is 8.95. The van der Waals surface area contributed by atoms with Crippen LogP contribution < -0.4 is 10.1 Å². The number of nitrogens with zero attached hydrogens (tertiary/aromatic N) is 5. The van der Waals surface area contributed by atoms with Gasteiger partial charge in [-0.15, -0.1) is 0 Å². The second kappa shape index (κ2) is 7.94. The van der Waals surface area contributed by atoms with Gasteiger partial charge in [-0.1, -0.05) is 0 Å². The van der Waals surface area contributed by atoms with Gasteiger partial charge in [-0.2, -0.15) is 5.10 Å². The summed E-state index contributed by atoms with van der Waals surface area (Å²) in [4.78, 5) is 24.5. The van der Waals surface area contributed by atoms with E-state index in [2.05, 4.69) is 25.4 Å². The minimum absolute atomic E-state index is 0.222. The van der Waals surface area contributed by atoms with E-state index in [4.69, 9.17) is 4.74 Å². The van der Waals surface area contributed by atoms with Crippen LogP contribution in [0, 0.1) is 5.92 Å². The Morgan fingerprint density at radius 3 is 2.78 bits per heavy atom. The summed E-state index contributed by atoms with van der Waals surface area (Å²) in [6, 6.07) is 5.71. The summed E-state index contributed by atoms with van der Waals surface area (Å²) in [5, 5.41) is 7.09. The van der Waals surface area contributed by atoms with E-state index in [0.717, 1.165) is 6.42 Å². The van der Waals surface area contributed by atoms with Crippen LogP contribution >= 0.6 is 0 Å². The van der Waals surface area contributed by atoms with Crippen LogP contribution in [0.1, 0.15) is 28.9 Å². The van der Waals surface area contributed by atoms with Crippen LogP contribution in [-0.4, -0.2) is 37.2 Å². The zero-order valence-corrected chi connectivity index (χ0v) is 14.8. The highest BCUT2D eigenvalue weighted by Crippen LogP contribution is 2.29. The van der Waals surface area contributed by atoms with E-state index in [-0.39, 0.29) is 11.6 Å². The molecule has 1 aliphatic carbocycles. The van der Waals surface area contributed by atoms with Crippen molar-refractivity contribution in [3.63, 3.8) is 0 Å². The molecule has 0 bridgehead atoms. The summed E-state index contributed by atoms with van der Waals surface area (Å²) in [6.07, 6.45) is 11.5. The number of hydrogen-bond acceptors (Lipinski definition) is 6. The number of hydrogen-bond donors (Lipinski definition) is 1. The van der Waals surface area contributed by atoms with Crippen LogP contribution in [0.2, 0.25) is 0 Å². The maximum absolute atomic E-state index is 12.3. The lowest BCUT2D eigenvalue weighted by Crippen LogP contribution is -2.15. The summed E-state index contributed by atoms with van der Waals surface area (Å²) in [6.45, 7) is 1.38. The number of aromatic nitrogens is 5. The second-order valence-corrected chi connectivity index (χ2v) is 6.52. The molecule has 3 heterocycles. The predicted molar refractivity (Wildman–Crippen MR) is 98.4 cm³/mol. The van der Waals surface area contributed by atoms with Gasteiger partial charge in [0.05, 0.1) is 19.0 Å². The smallest absolute Gasteiger partial charge is 0.277 e. The summed E-state index contributed by atoms with van der Waals surface area (Å²) in [5.41, 5.74) is 1.41. The highest BCUT2D eigenvalue weighted by atomic mass is 16.5. The highest BCUT2D eigenvalue weighted by Gasteiger charge is 2.22. The maximum atomic E-state index is 12.3. The average molecular weight is 364 g/mol. The van der Waals surface area contributed by atoms with Crippen LogP contribution in [0.4, 0.5) is 5.82 Å². The van der Waals surface area contributed by atoms with E-state index in [1.165, 1.54) is 30.8 Å². The van der Waals surface area contributed by atoms with Crippen molar-refractivity contribution in [1.29, 1.82) is 0 Å². The van der Waals surface area contributed by atoms with Gasteiger partial charge in [0.25, 0.3) is 5.91 Å². The van der Waals surface area contributed by atoms with Gasteiger partial charge in [0.1, 0.15) is 5.69 Å². The minimum Gasteiger partial charge on any atom is -0.476 e. The van der Waals surface area contributed by atoms with Gasteiger partial charge < -0.3 is 10.1 Å². The Morgan fingerprint density at radius 1 is 1.19 bits per heavy atom. The normalized spacial score (nSPS) is 13.3. The Bertz CT molecular complexity index is 890. The standard InChI is InChI=1S/C19H20N6O2/c26-19(16-11-22-18(12-21-16)27-13-15-1-2-15)23-17-6-10-25(24-17)9-5-14-3-7-20-8-4-14/h3-4,6-8,10-12,15H,1-2,5,9,13H2,(H,23,24,26). The molecule has 138 valence electrons. The Balaban J connectivity index is 1.29. The third kappa shape index (κ3) is 4.87. The largest absolute Gasteiger partial charge is 0.476 e. The summed E-state index contributed by atoms with van der Waals surface area (Å²) in [7, 11) is 0. The number of carbonyl (C=O) groups excluding carboxylic acids is 1. The summed E-state index contributed by atoms with van der Waals surface area (Å²) < 4.78 is 7.31. The van der Waals surface area contributed by atoms with E-state index >= 15 is 0 Å². The van der Waals surface area contributed by atoms with Gasteiger partial charge in [0.2, 0.25) is 5.88 Å². The molecule has 3 aromatic rings. The quantitative estimate of drug-likeness (QED) is 0.659. The number of ether oxygens (including phenoxy) is 1. The van der Waals surface area contributed by atoms with Crippen molar-refractivity contribution in [2.24, 2.45) is 5.92 Å². The zero-order chi connectivity index (χ0) is 18.5. The SMILES string of the molecule is O=C(Nc1ccn(CCc2ccncc2)n1)c1cnc(OCC2CC2)cn1. The number of nitrogens with one attached hydrogen (secondary N) is 1. The van der Waals surface area contributed by atoms with Gasteiger partial charge in [0.15, 0.2) is 5.82 Å². The molecule has 0 radical (unpaired) electrons. The third-order valence-electron chi connectivity index (χ3n) is 4.29. The van der Waals surface area contributed by atoms with Crippen molar-refractivity contribution in [2.75, 3.05) is 11.9 Å². The molecule has 0 unspecified atom stereocenters. The number of aryl methyl sites for hydroxylation is 2.